The van der Waals surface area contributed by atoms with E-state index in [0.717, 1.165) is 30.4 Å². The van der Waals surface area contributed by atoms with Crippen LogP contribution in [-0.2, 0) is 4.79 Å². The van der Waals surface area contributed by atoms with E-state index in [1.165, 1.54) is 186 Å². The van der Waals surface area contributed by atoms with Crippen LogP contribution in [0.5, 0.6) is 0 Å². The number of hydrogen-bond acceptors (Lipinski definition) is 2. The Hall–Kier alpha value is -1.16. The number of aliphatic imine (C=N–C) groups is 1. The molecular weight excluding hydrogens is 562 g/mol. The van der Waals surface area contributed by atoms with E-state index in [-0.39, 0.29) is 12.1 Å². The van der Waals surface area contributed by atoms with Crippen LogP contribution < -0.4 is 5.32 Å². The Kier molecular flexibility index (Phi) is 29.0. The van der Waals surface area contributed by atoms with Gasteiger partial charge in [0.05, 0.1) is 13.6 Å². The van der Waals surface area contributed by atoms with Gasteiger partial charge in [0.1, 0.15) is 6.54 Å². The van der Waals surface area contributed by atoms with Crippen LogP contribution >= 0.6 is 0 Å². The molecule has 0 radical (unpaired) electrons. The highest BCUT2D eigenvalue weighted by atomic mass is 16.1. The van der Waals surface area contributed by atoms with Gasteiger partial charge in [-0.05, 0) is 38.5 Å². The Bertz CT molecular complexity index is 747. The minimum absolute atomic E-state index is 0.109. The van der Waals surface area contributed by atoms with Gasteiger partial charge in [0.15, 0.2) is 12.0 Å². The van der Waals surface area contributed by atoms with Crippen molar-refractivity contribution in [3.63, 3.8) is 0 Å². The van der Waals surface area contributed by atoms with Gasteiger partial charge in [-0.3, -0.25) is 9.28 Å². The maximum absolute atomic E-state index is 12.7. The highest BCUT2D eigenvalue weighted by Crippen LogP contribution is 2.21. The van der Waals surface area contributed by atoms with Gasteiger partial charge in [0.2, 0.25) is 5.91 Å². The number of amides is 1. The van der Waals surface area contributed by atoms with Gasteiger partial charge >= 0.3 is 0 Å². The van der Waals surface area contributed by atoms with Gasteiger partial charge in [0, 0.05) is 19.8 Å². The Morgan fingerprint density at radius 2 is 1.02 bits per heavy atom. The molecule has 2 atom stereocenters. The normalized spacial score (nSPS) is 17.2. The zero-order valence-electron chi connectivity index (χ0n) is 31.9. The Morgan fingerprint density at radius 3 is 1.48 bits per heavy atom. The Balaban J connectivity index is 2.00. The highest BCUT2D eigenvalue weighted by molar-refractivity contribution is 5.78. The predicted octanol–water partition coefficient (Wildman–Crippen LogP) is 13.0. The lowest BCUT2D eigenvalue weighted by molar-refractivity contribution is -0.843. The molecular formula is C42H82N3O+. The summed E-state index contributed by atoms with van der Waals surface area (Å²) in [5.74, 6) is 1.53. The summed E-state index contributed by atoms with van der Waals surface area (Å²) in [6.45, 7) is 8.68. The summed E-state index contributed by atoms with van der Waals surface area (Å²) in [4.78, 5) is 17.6. The van der Waals surface area contributed by atoms with Crippen LogP contribution in [-0.4, -0.2) is 42.5 Å². The Labute approximate surface area is 289 Å². The van der Waals surface area contributed by atoms with Crippen molar-refractivity contribution >= 4 is 11.7 Å². The quantitative estimate of drug-likeness (QED) is 0.0423. The van der Waals surface area contributed by atoms with Crippen LogP contribution in [0.3, 0.4) is 0 Å². The number of unbranched alkanes of at least 4 members (excludes halogenated alkanes) is 26. The average Bonchev–Trinajstić information content (AvgIpc) is 3.43. The first-order valence-corrected chi connectivity index (χ1v) is 20.9. The summed E-state index contributed by atoms with van der Waals surface area (Å²) in [7, 11) is 2.28. The standard InChI is InChI=1S/C42H81N3O/c1-5-7-9-11-13-15-17-19-21-23-24-26-28-30-32-34-36-41-43-38-39-45(41,4)40(3)44-42(46)37-35-33-31-29-27-25-22-20-18-16-14-12-10-8-6-2/h20,22,40H,5-19,21,23-39H2,1-4H3/p+1/b22-20-. The van der Waals surface area contributed by atoms with Crippen LogP contribution in [0.2, 0.25) is 0 Å². The second kappa shape index (κ2) is 31.1. The van der Waals surface area contributed by atoms with Gasteiger partial charge in [-0.2, -0.15) is 0 Å². The van der Waals surface area contributed by atoms with Crippen LogP contribution in [0.1, 0.15) is 220 Å². The fourth-order valence-corrected chi connectivity index (χ4v) is 7.06. The van der Waals surface area contributed by atoms with Crippen molar-refractivity contribution in [1.29, 1.82) is 0 Å². The van der Waals surface area contributed by atoms with Crippen molar-refractivity contribution in [2.75, 3.05) is 20.1 Å². The fraction of sp³-hybridized carbons (Fsp3) is 0.905. The second-order valence-electron chi connectivity index (χ2n) is 14.9. The number of likely N-dealkylation sites (N-methyl/N-ethyl adjacent to an activating group) is 1. The molecule has 1 amide bonds. The molecule has 270 valence electrons. The van der Waals surface area contributed by atoms with Crippen LogP contribution in [0.15, 0.2) is 17.1 Å². The molecule has 0 spiro atoms. The number of quaternary nitrogens is 1. The number of carbonyl (C=O) groups excluding carboxylic acids is 1. The van der Waals surface area contributed by atoms with E-state index in [1.807, 2.05) is 0 Å². The van der Waals surface area contributed by atoms with E-state index < -0.39 is 0 Å². The molecule has 0 bridgehead atoms. The van der Waals surface area contributed by atoms with Gasteiger partial charge < -0.3 is 5.32 Å². The third-order valence-electron chi connectivity index (χ3n) is 10.6. The minimum Gasteiger partial charge on any atom is -0.307 e. The lowest BCUT2D eigenvalue weighted by atomic mass is 10.0. The smallest absolute Gasteiger partial charge is 0.224 e. The van der Waals surface area contributed by atoms with Gasteiger partial charge in [0.25, 0.3) is 0 Å². The highest BCUT2D eigenvalue weighted by Gasteiger charge is 2.39. The minimum atomic E-state index is 0.109. The molecule has 2 unspecified atom stereocenters. The maximum atomic E-state index is 12.7. The van der Waals surface area contributed by atoms with Crippen molar-refractivity contribution in [1.82, 2.24) is 5.32 Å². The number of rotatable bonds is 34. The van der Waals surface area contributed by atoms with E-state index in [4.69, 9.17) is 4.99 Å². The van der Waals surface area contributed by atoms with E-state index in [1.54, 1.807) is 0 Å². The van der Waals surface area contributed by atoms with E-state index >= 15 is 0 Å². The third kappa shape index (κ3) is 23.2. The topological polar surface area (TPSA) is 41.5 Å². The summed E-state index contributed by atoms with van der Waals surface area (Å²) in [5.41, 5.74) is 0. The molecule has 0 fully saturated rings. The third-order valence-corrected chi connectivity index (χ3v) is 10.6. The predicted molar refractivity (Wildman–Crippen MR) is 205 cm³/mol. The molecule has 1 rings (SSSR count). The van der Waals surface area contributed by atoms with E-state index in [9.17, 15) is 4.79 Å². The van der Waals surface area contributed by atoms with Crippen LogP contribution in [0.25, 0.3) is 0 Å². The summed E-state index contributed by atoms with van der Waals surface area (Å²) >= 11 is 0. The zero-order chi connectivity index (χ0) is 33.4. The maximum Gasteiger partial charge on any atom is 0.224 e. The molecule has 0 saturated carbocycles. The van der Waals surface area contributed by atoms with Gasteiger partial charge in [-0.25, -0.2) is 4.99 Å². The molecule has 46 heavy (non-hydrogen) atoms. The first-order valence-electron chi connectivity index (χ1n) is 20.9. The molecule has 0 saturated heterocycles. The summed E-state index contributed by atoms with van der Waals surface area (Å²) in [6, 6.07) is 0. The monoisotopic (exact) mass is 645 g/mol. The molecule has 0 aromatic rings. The van der Waals surface area contributed by atoms with Gasteiger partial charge in [-0.1, -0.05) is 174 Å². The van der Waals surface area contributed by atoms with Crippen molar-refractivity contribution in [3.05, 3.63) is 12.2 Å². The van der Waals surface area contributed by atoms with Gasteiger partial charge in [-0.15, -0.1) is 0 Å². The van der Waals surface area contributed by atoms with Crippen molar-refractivity contribution in [3.8, 4) is 0 Å². The van der Waals surface area contributed by atoms with E-state index in [0.29, 0.717) is 6.42 Å². The number of nitrogens with zero attached hydrogens (tertiary/aromatic N) is 2. The molecule has 4 nitrogen and oxygen atoms in total. The number of hydrogen-bond donors (Lipinski definition) is 1. The fourth-order valence-electron chi connectivity index (χ4n) is 7.06. The molecule has 0 aliphatic carbocycles. The van der Waals surface area contributed by atoms with Crippen molar-refractivity contribution < 1.29 is 9.28 Å². The number of allylic oxidation sites excluding steroid dienone is 2. The van der Waals surface area contributed by atoms with Crippen molar-refractivity contribution in [2.45, 2.75) is 226 Å². The SMILES string of the molecule is CCCCCCCC/C=C\CCCCCCCC(=O)NC(C)[N+]1(C)CCN=C1CCCCCCCCCCCCCCCCCC. The second-order valence-corrected chi connectivity index (χ2v) is 14.9. The number of nitrogens with one attached hydrogen (secondary N) is 1. The lowest BCUT2D eigenvalue weighted by Crippen LogP contribution is -2.60. The molecule has 1 heterocycles. The average molecular weight is 645 g/mol. The number of carbonyl (C=O) groups is 1. The Morgan fingerprint density at radius 1 is 0.630 bits per heavy atom. The molecule has 1 N–H and O–H groups in total. The summed E-state index contributed by atoms with van der Waals surface area (Å²) in [5, 5.41) is 3.34. The molecule has 0 aromatic heterocycles. The molecule has 0 aromatic carbocycles. The summed E-state index contributed by atoms with van der Waals surface area (Å²) in [6.07, 6.45) is 45.9. The summed E-state index contributed by atoms with van der Waals surface area (Å²) < 4.78 is 0.802. The first-order chi connectivity index (χ1) is 22.5. The van der Waals surface area contributed by atoms with Crippen molar-refractivity contribution in [2.24, 2.45) is 4.99 Å². The molecule has 1 aliphatic heterocycles. The lowest BCUT2D eigenvalue weighted by Gasteiger charge is -2.36. The zero-order valence-corrected chi connectivity index (χ0v) is 31.9. The number of amidine groups is 1. The van der Waals surface area contributed by atoms with E-state index in [2.05, 4.69) is 45.3 Å². The van der Waals surface area contributed by atoms with Crippen LogP contribution in [0, 0.1) is 0 Å². The van der Waals surface area contributed by atoms with Crippen LogP contribution in [0.4, 0.5) is 0 Å². The largest absolute Gasteiger partial charge is 0.307 e. The molecule has 1 aliphatic rings. The molecule has 4 heteroatoms. The first kappa shape index (κ1) is 42.9.